The average molecular weight is 237 g/mol. The van der Waals surface area contributed by atoms with E-state index in [1.54, 1.807) is 7.11 Å². The van der Waals surface area contributed by atoms with Crippen LogP contribution in [0, 0.1) is 17.7 Å². The highest BCUT2D eigenvalue weighted by atomic mass is 19.1. The van der Waals surface area contributed by atoms with Crippen molar-refractivity contribution < 1.29 is 9.13 Å². The van der Waals surface area contributed by atoms with E-state index in [4.69, 9.17) is 4.74 Å². The minimum absolute atomic E-state index is 0.151. The number of nitrogens with one attached hydrogen (secondary N) is 1. The molecule has 0 bridgehead atoms. The van der Waals surface area contributed by atoms with Gasteiger partial charge < -0.3 is 10.1 Å². The van der Waals surface area contributed by atoms with Crippen LogP contribution in [0.5, 0.6) is 5.75 Å². The molecule has 1 N–H and O–H groups in total. The van der Waals surface area contributed by atoms with Gasteiger partial charge in [0.05, 0.1) is 7.11 Å². The second-order valence-electron chi connectivity index (χ2n) is 4.89. The van der Waals surface area contributed by atoms with Crippen molar-refractivity contribution >= 4 is 0 Å². The molecule has 94 valence electrons. The van der Waals surface area contributed by atoms with Crippen molar-refractivity contribution in [2.45, 2.75) is 19.8 Å². The first kappa shape index (κ1) is 12.4. The highest BCUT2D eigenvalue weighted by Gasteiger charge is 2.22. The van der Waals surface area contributed by atoms with Crippen LogP contribution in [0.3, 0.4) is 0 Å². The summed E-state index contributed by atoms with van der Waals surface area (Å²) in [5.41, 5.74) is 0.798. The average Bonchev–Trinajstić information content (AvgIpc) is 2.34. The molecular weight excluding hydrogens is 217 g/mol. The normalized spacial score (nSPS) is 24.6. The molecule has 1 heterocycles. The van der Waals surface area contributed by atoms with Crippen molar-refractivity contribution in [3.63, 3.8) is 0 Å². The summed E-state index contributed by atoms with van der Waals surface area (Å²) in [5, 5.41) is 3.38. The highest BCUT2D eigenvalue weighted by Crippen LogP contribution is 2.25. The van der Waals surface area contributed by atoms with E-state index in [1.165, 1.54) is 12.5 Å². The molecule has 0 amide bonds. The lowest BCUT2D eigenvalue weighted by molar-refractivity contribution is 0.270. The third kappa shape index (κ3) is 2.97. The maximum absolute atomic E-state index is 13.8. The molecule has 17 heavy (non-hydrogen) atoms. The lowest BCUT2D eigenvalue weighted by atomic mass is 9.83. The van der Waals surface area contributed by atoms with Gasteiger partial charge in [-0.25, -0.2) is 4.39 Å². The third-order valence-corrected chi connectivity index (χ3v) is 3.73. The molecule has 2 atom stereocenters. The van der Waals surface area contributed by atoms with Crippen LogP contribution in [0.1, 0.15) is 18.9 Å². The molecule has 3 heteroatoms. The Morgan fingerprint density at radius 3 is 2.94 bits per heavy atom. The molecule has 2 rings (SSSR count). The smallest absolute Gasteiger partial charge is 0.130 e. The number of hydrogen-bond donors (Lipinski definition) is 1. The van der Waals surface area contributed by atoms with Gasteiger partial charge in [0.25, 0.3) is 0 Å². The largest absolute Gasteiger partial charge is 0.497 e. The van der Waals surface area contributed by atoms with Crippen LogP contribution in [0.4, 0.5) is 4.39 Å². The summed E-state index contributed by atoms with van der Waals surface area (Å²) in [6, 6.07) is 5.14. The minimum Gasteiger partial charge on any atom is -0.497 e. The van der Waals surface area contributed by atoms with Gasteiger partial charge in [-0.1, -0.05) is 13.0 Å². The zero-order valence-corrected chi connectivity index (χ0v) is 10.5. The van der Waals surface area contributed by atoms with Crippen LogP contribution in [-0.4, -0.2) is 20.2 Å². The van der Waals surface area contributed by atoms with Crippen LogP contribution in [0.15, 0.2) is 18.2 Å². The molecular formula is C14H20FNO. The van der Waals surface area contributed by atoms with Crippen LogP contribution >= 0.6 is 0 Å². The molecule has 0 spiro atoms. The monoisotopic (exact) mass is 237 g/mol. The molecule has 1 aliphatic rings. The molecule has 0 aliphatic carbocycles. The zero-order chi connectivity index (χ0) is 12.3. The maximum Gasteiger partial charge on any atom is 0.130 e. The Bertz CT molecular complexity index is 380. The van der Waals surface area contributed by atoms with Crippen LogP contribution in [0.25, 0.3) is 0 Å². The van der Waals surface area contributed by atoms with Crippen molar-refractivity contribution in [2.24, 2.45) is 11.8 Å². The second-order valence-corrected chi connectivity index (χ2v) is 4.89. The lowest BCUT2D eigenvalue weighted by Gasteiger charge is -2.29. The van der Waals surface area contributed by atoms with Crippen molar-refractivity contribution in [2.75, 3.05) is 20.2 Å². The van der Waals surface area contributed by atoms with E-state index >= 15 is 0 Å². The van der Waals surface area contributed by atoms with Crippen molar-refractivity contribution in [1.82, 2.24) is 5.32 Å². The van der Waals surface area contributed by atoms with Crippen molar-refractivity contribution in [3.8, 4) is 5.75 Å². The van der Waals surface area contributed by atoms with E-state index in [1.807, 2.05) is 12.1 Å². The molecule has 2 nitrogen and oxygen atoms in total. The fourth-order valence-corrected chi connectivity index (χ4v) is 2.43. The summed E-state index contributed by atoms with van der Waals surface area (Å²) in [7, 11) is 1.56. The number of rotatable bonds is 3. The Labute approximate surface area is 102 Å². The molecule has 1 saturated heterocycles. The summed E-state index contributed by atoms with van der Waals surface area (Å²) in [6.45, 7) is 4.34. The first-order chi connectivity index (χ1) is 8.20. The molecule has 0 radical (unpaired) electrons. The maximum atomic E-state index is 13.8. The predicted molar refractivity (Wildman–Crippen MR) is 66.8 cm³/mol. The van der Waals surface area contributed by atoms with Gasteiger partial charge in [-0.05, 0) is 49.4 Å². The molecule has 1 fully saturated rings. The number of hydrogen-bond acceptors (Lipinski definition) is 2. The summed E-state index contributed by atoms with van der Waals surface area (Å²) in [4.78, 5) is 0. The molecule has 0 saturated carbocycles. The topological polar surface area (TPSA) is 21.3 Å². The number of halogens is 1. The van der Waals surface area contributed by atoms with E-state index in [9.17, 15) is 4.39 Å². The van der Waals surface area contributed by atoms with E-state index < -0.39 is 0 Å². The van der Waals surface area contributed by atoms with E-state index in [-0.39, 0.29) is 5.82 Å². The van der Waals surface area contributed by atoms with Gasteiger partial charge in [-0.15, -0.1) is 0 Å². The van der Waals surface area contributed by atoms with Gasteiger partial charge in [0.15, 0.2) is 0 Å². The second kappa shape index (κ2) is 5.50. The standard InChI is InChI=1S/C14H20FNO/c1-10-5-6-16-9-12(10)7-11-3-4-13(17-2)8-14(11)15/h3-4,8,10,12,16H,5-7,9H2,1-2H3. The molecule has 2 unspecified atom stereocenters. The Morgan fingerprint density at radius 2 is 2.29 bits per heavy atom. The third-order valence-electron chi connectivity index (χ3n) is 3.73. The van der Waals surface area contributed by atoms with Crippen LogP contribution < -0.4 is 10.1 Å². The fourth-order valence-electron chi connectivity index (χ4n) is 2.43. The van der Waals surface area contributed by atoms with Gasteiger partial charge in [0, 0.05) is 6.07 Å². The van der Waals surface area contributed by atoms with E-state index in [0.29, 0.717) is 17.6 Å². The van der Waals surface area contributed by atoms with Crippen molar-refractivity contribution in [1.29, 1.82) is 0 Å². The zero-order valence-electron chi connectivity index (χ0n) is 10.5. The summed E-state index contributed by atoms with van der Waals surface area (Å²) in [5.74, 6) is 1.63. The van der Waals surface area contributed by atoms with Gasteiger partial charge in [-0.2, -0.15) is 0 Å². The number of methoxy groups -OCH3 is 1. The highest BCUT2D eigenvalue weighted by molar-refractivity contribution is 5.29. The van der Waals surface area contributed by atoms with Crippen LogP contribution in [0.2, 0.25) is 0 Å². The number of ether oxygens (including phenoxy) is 1. The van der Waals surface area contributed by atoms with Gasteiger partial charge in [-0.3, -0.25) is 0 Å². The Hall–Kier alpha value is -1.09. The fraction of sp³-hybridized carbons (Fsp3) is 0.571. The summed E-state index contributed by atoms with van der Waals surface area (Å²) >= 11 is 0. The Kier molecular flexibility index (Phi) is 4.00. The Balaban J connectivity index is 2.07. The van der Waals surface area contributed by atoms with E-state index in [2.05, 4.69) is 12.2 Å². The van der Waals surface area contributed by atoms with Gasteiger partial charge in [0.2, 0.25) is 0 Å². The summed E-state index contributed by atoms with van der Waals surface area (Å²) < 4.78 is 18.8. The first-order valence-electron chi connectivity index (χ1n) is 6.24. The number of piperidine rings is 1. The van der Waals surface area contributed by atoms with Crippen molar-refractivity contribution in [3.05, 3.63) is 29.6 Å². The molecule has 1 aliphatic heterocycles. The van der Waals surface area contributed by atoms with E-state index in [0.717, 1.165) is 25.1 Å². The van der Waals surface area contributed by atoms with Gasteiger partial charge >= 0.3 is 0 Å². The quantitative estimate of drug-likeness (QED) is 0.872. The first-order valence-corrected chi connectivity index (χ1v) is 6.24. The molecule has 1 aromatic carbocycles. The predicted octanol–water partition coefficient (Wildman–Crippen LogP) is 2.62. The minimum atomic E-state index is -0.151. The SMILES string of the molecule is COc1ccc(CC2CNCCC2C)c(F)c1. The van der Waals surface area contributed by atoms with Crippen LogP contribution in [-0.2, 0) is 6.42 Å². The Morgan fingerprint density at radius 1 is 1.47 bits per heavy atom. The van der Waals surface area contributed by atoms with Gasteiger partial charge in [0.1, 0.15) is 11.6 Å². The molecule has 0 aromatic heterocycles. The lowest BCUT2D eigenvalue weighted by Crippen LogP contribution is -2.36. The molecule has 1 aromatic rings. The number of benzene rings is 1. The summed E-state index contributed by atoms with van der Waals surface area (Å²) in [6.07, 6.45) is 1.99.